The monoisotopic (exact) mass is 371 g/mol. The Labute approximate surface area is 157 Å². The van der Waals surface area contributed by atoms with Gasteiger partial charge in [-0.05, 0) is 43.1 Å². The van der Waals surface area contributed by atoms with E-state index in [-0.39, 0.29) is 5.91 Å². The summed E-state index contributed by atoms with van der Waals surface area (Å²) < 4.78 is 1.81. The van der Waals surface area contributed by atoms with Crippen molar-refractivity contribution in [1.29, 1.82) is 0 Å². The zero-order valence-electron chi connectivity index (χ0n) is 15.2. The van der Waals surface area contributed by atoms with E-state index in [0.717, 1.165) is 41.6 Å². The summed E-state index contributed by atoms with van der Waals surface area (Å²) in [4.78, 5) is 25.7. The highest BCUT2D eigenvalue weighted by Crippen LogP contribution is 2.30. The van der Waals surface area contributed by atoms with Crippen LogP contribution in [-0.2, 0) is 7.05 Å². The number of fused-ring (bicyclic) bond motifs is 1. The van der Waals surface area contributed by atoms with Crippen LogP contribution in [0.15, 0.2) is 24.4 Å². The molecule has 0 aliphatic carbocycles. The van der Waals surface area contributed by atoms with E-state index in [4.69, 9.17) is 11.6 Å². The number of imidazole rings is 1. The molecule has 3 heterocycles. The highest BCUT2D eigenvalue weighted by molar-refractivity contribution is 6.28. The number of aromatic nitrogens is 4. The van der Waals surface area contributed by atoms with Gasteiger partial charge in [-0.3, -0.25) is 4.79 Å². The van der Waals surface area contributed by atoms with Crippen LogP contribution in [0.4, 0.5) is 0 Å². The number of pyridine rings is 2. The maximum Gasteiger partial charge on any atom is 0.269 e. The molecular formula is C19H22ClN5O. The SMILES string of the molecule is CCCCCNC(=O)c1cc(-c2nc(Cl)n(C)c2C)c2cccnc2n1. The van der Waals surface area contributed by atoms with Crippen LogP contribution in [0.2, 0.25) is 5.28 Å². The molecule has 0 aliphatic rings. The first-order chi connectivity index (χ1) is 12.5. The van der Waals surface area contributed by atoms with E-state index in [9.17, 15) is 4.79 Å². The van der Waals surface area contributed by atoms with E-state index in [2.05, 4.69) is 27.2 Å². The minimum atomic E-state index is -0.199. The van der Waals surface area contributed by atoms with Crippen molar-refractivity contribution in [3.63, 3.8) is 0 Å². The lowest BCUT2D eigenvalue weighted by molar-refractivity contribution is 0.0948. The number of amides is 1. The Balaban J connectivity index is 2.04. The van der Waals surface area contributed by atoms with E-state index in [1.165, 1.54) is 0 Å². The molecule has 0 unspecified atom stereocenters. The van der Waals surface area contributed by atoms with E-state index < -0.39 is 0 Å². The molecular weight excluding hydrogens is 350 g/mol. The predicted octanol–water partition coefficient (Wildman–Crippen LogP) is 3.91. The Morgan fingerprint density at radius 1 is 1.31 bits per heavy atom. The lowest BCUT2D eigenvalue weighted by Crippen LogP contribution is -2.25. The van der Waals surface area contributed by atoms with Crippen molar-refractivity contribution < 1.29 is 4.79 Å². The van der Waals surface area contributed by atoms with Gasteiger partial charge in [-0.2, -0.15) is 0 Å². The Morgan fingerprint density at radius 3 is 2.81 bits per heavy atom. The van der Waals surface area contributed by atoms with Gasteiger partial charge in [0.15, 0.2) is 5.65 Å². The molecule has 3 rings (SSSR count). The molecule has 0 atom stereocenters. The topological polar surface area (TPSA) is 72.7 Å². The Hall–Kier alpha value is -2.47. The summed E-state index contributed by atoms with van der Waals surface area (Å²) >= 11 is 6.18. The van der Waals surface area contributed by atoms with Gasteiger partial charge in [0.05, 0.1) is 5.69 Å². The molecule has 7 heteroatoms. The van der Waals surface area contributed by atoms with Crippen LogP contribution < -0.4 is 5.32 Å². The largest absolute Gasteiger partial charge is 0.351 e. The van der Waals surface area contributed by atoms with E-state index >= 15 is 0 Å². The second-order valence-corrected chi connectivity index (χ2v) is 6.60. The molecule has 3 aromatic rings. The van der Waals surface area contributed by atoms with Gasteiger partial charge >= 0.3 is 0 Å². The number of nitrogens with one attached hydrogen (secondary N) is 1. The van der Waals surface area contributed by atoms with Gasteiger partial charge in [0.1, 0.15) is 5.69 Å². The molecule has 1 N–H and O–H groups in total. The first kappa shape index (κ1) is 18.3. The normalized spacial score (nSPS) is 11.1. The highest BCUT2D eigenvalue weighted by Gasteiger charge is 2.18. The first-order valence-electron chi connectivity index (χ1n) is 8.76. The lowest BCUT2D eigenvalue weighted by Gasteiger charge is -2.09. The summed E-state index contributed by atoms with van der Waals surface area (Å²) in [5, 5.41) is 4.17. The van der Waals surface area contributed by atoms with Crippen molar-refractivity contribution in [2.45, 2.75) is 33.1 Å². The number of rotatable bonds is 6. The number of nitrogens with zero attached hydrogens (tertiary/aromatic N) is 4. The molecule has 26 heavy (non-hydrogen) atoms. The fourth-order valence-corrected chi connectivity index (χ4v) is 3.05. The molecule has 0 saturated carbocycles. The van der Waals surface area contributed by atoms with E-state index in [0.29, 0.717) is 23.2 Å². The molecule has 136 valence electrons. The third kappa shape index (κ3) is 3.55. The molecule has 0 fully saturated rings. The smallest absolute Gasteiger partial charge is 0.269 e. The second kappa shape index (κ2) is 7.83. The molecule has 6 nitrogen and oxygen atoms in total. The van der Waals surface area contributed by atoms with Gasteiger partial charge in [-0.1, -0.05) is 19.8 Å². The van der Waals surface area contributed by atoms with Gasteiger partial charge in [0, 0.05) is 36.4 Å². The van der Waals surface area contributed by atoms with Gasteiger partial charge in [-0.25, -0.2) is 15.0 Å². The molecule has 0 aromatic carbocycles. The average molecular weight is 372 g/mol. The van der Waals surface area contributed by atoms with Crippen LogP contribution in [0.25, 0.3) is 22.3 Å². The molecule has 0 bridgehead atoms. The summed E-state index contributed by atoms with van der Waals surface area (Å²) in [6, 6.07) is 5.54. The summed E-state index contributed by atoms with van der Waals surface area (Å²) in [7, 11) is 1.86. The second-order valence-electron chi connectivity index (χ2n) is 6.27. The number of carbonyl (C=O) groups excluding carboxylic acids is 1. The summed E-state index contributed by atoms with van der Waals surface area (Å²) in [6.07, 6.45) is 4.82. The Morgan fingerprint density at radius 2 is 2.12 bits per heavy atom. The van der Waals surface area contributed by atoms with E-state index in [1.54, 1.807) is 12.3 Å². The van der Waals surface area contributed by atoms with Crippen LogP contribution in [0.5, 0.6) is 0 Å². The molecule has 0 radical (unpaired) electrons. The molecule has 0 saturated heterocycles. The van der Waals surface area contributed by atoms with Gasteiger partial charge in [0.2, 0.25) is 5.28 Å². The number of unbranched alkanes of at least 4 members (excludes halogenated alkanes) is 2. The minimum Gasteiger partial charge on any atom is -0.351 e. The van der Waals surface area contributed by atoms with Crippen molar-refractivity contribution in [2.24, 2.45) is 7.05 Å². The predicted molar refractivity (Wildman–Crippen MR) is 103 cm³/mol. The fourth-order valence-electron chi connectivity index (χ4n) is 2.84. The molecule has 3 aromatic heterocycles. The van der Waals surface area contributed by atoms with Gasteiger partial charge in [0.25, 0.3) is 5.91 Å². The standard InChI is InChI=1S/C19H22ClN5O/c1-4-5-6-9-22-18(26)15-11-14(13-8-7-10-21-17(13)23-15)16-12(2)25(3)19(20)24-16/h7-8,10-11H,4-6,9H2,1-3H3,(H,22,26). The minimum absolute atomic E-state index is 0.199. The van der Waals surface area contributed by atoms with Crippen molar-refractivity contribution in [3.05, 3.63) is 41.1 Å². The lowest BCUT2D eigenvalue weighted by atomic mass is 10.1. The van der Waals surface area contributed by atoms with Crippen LogP contribution >= 0.6 is 11.6 Å². The van der Waals surface area contributed by atoms with Crippen LogP contribution in [0, 0.1) is 6.92 Å². The van der Waals surface area contributed by atoms with Gasteiger partial charge < -0.3 is 9.88 Å². The maximum absolute atomic E-state index is 12.5. The van der Waals surface area contributed by atoms with Crippen molar-refractivity contribution >= 4 is 28.5 Å². The Kier molecular flexibility index (Phi) is 5.52. The third-order valence-corrected chi connectivity index (χ3v) is 4.80. The molecule has 0 spiro atoms. The summed E-state index contributed by atoms with van der Waals surface area (Å²) in [5.74, 6) is -0.199. The van der Waals surface area contributed by atoms with Crippen molar-refractivity contribution in [2.75, 3.05) is 6.54 Å². The zero-order chi connectivity index (χ0) is 18.7. The first-order valence-corrected chi connectivity index (χ1v) is 9.14. The van der Waals surface area contributed by atoms with Crippen LogP contribution in [0.1, 0.15) is 42.4 Å². The highest BCUT2D eigenvalue weighted by atomic mass is 35.5. The maximum atomic E-state index is 12.5. The fraction of sp³-hybridized carbons (Fsp3) is 0.368. The Bertz CT molecular complexity index is 950. The van der Waals surface area contributed by atoms with Crippen LogP contribution in [-0.4, -0.2) is 32.0 Å². The number of halogens is 1. The number of carbonyl (C=O) groups is 1. The third-order valence-electron chi connectivity index (χ3n) is 4.46. The van der Waals surface area contributed by atoms with Crippen molar-refractivity contribution in [1.82, 2.24) is 24.8 Å². The van der Waals surface area contributed by atoms with E-state index in [1.807, 2.05) is 30.7 Å². The number of hydrogen-bond donors (Lipinski definition) is 1. The van der Waals surface area contributed by atoms with Gasteiger partial charge in [-0.15, -0.1) is 0 Å². The summed E-state index contributed by atoms with van der Waals surface area (Å²) in [5.41, 5.74) is 3.31. The zero-order valence-corrected chi connectivity index (χ0v) is 16.0. The summed E-state index contributed by atoms with van der Waals surface area (Å²) in [6.45, 7) is 4.71. The quantitative estimate of drug-likeness (QED) is 0.667. The molecule has 1 amide bonds. The van der Waals surface area contributed by atoms with Crippen LogP contribution in [0.3, 0.4) is 0 Å². The number of hydrogen-bond acceptors (Lipinski definition) is 4. The molecule has 0 aliphatic heterocycles. The average Bonchev–Trinajstić information content (AvgIpc) is 2.91. The van der Waals surface area contributed by atoms with Crippen molar-refractivity contribution in [3.8, 4) is 11.3 Å².